The van der Waals surface area contributed by atoms with E-state index in [9.17, 15) is 9.90 Å². The van der Waals surface area contributed by atoms with Gasteiger partial charge in [0.2, 0.25) is 0 Å². The summed E-state index contributed by atoms with van der Waals surface area (Å²) in [6, 6.07) is 12.7. The van der Waals surface area contributed by atoms with E-state index in [0.29, 0.717) is 11.6 Å². The summed E-state index contributed by atoms with van der Waals surface area (Å²) in [5.41, 5.74) is 2.89. The van der Waals surface area contributed by atoms with Crippen molar-refractivity contribution in [2.75, 3.05) is 0 Å². The van der Waals surface area contributed by atoms with E-state index in [0.717, 1.165) is 35.3 Å². The molecule has 0 unspecified atom stereocenters. The fourth-order valence-electron chi connectivity index (χ4n) is 2.69. The first-order chi connectivity index (χ1) is 11.1. The second kappa shape index (κ2) is 6.42. The molecule has 0 spiro atoms. The fraction of sp³-hybridized carbons (Fsp3) is 0.222. The number of hydrogen-bond acceptors (Lipinski definition) is 2. The number of imidazole rings is 1. The quantitative estimate of drug-likeness (QED) is 0.755. The van der Waals surface area contributed by atoms with Gasteiger partial charge in [-0.1, -0.05) is 36.7 Å². The Morgan fingerprint density at radius 2 is 2.04 bits per heavy atom. The first-order valence-electron chi connectivity index (χ1n) is 7.56. The molecule has 0 saturated carbocycles. The lowest BCUT2D eigenvalue weighted by molar-refractivity contribution is 0.0697. The highest BCUT2D eigenvalue weighted by Gasteiger charge is 2.14. The topological polar surface area (TPSA) is 55.1 Å². The molecule has 0 aliphatic heterocycles. The Hall–Kier alpha value is -2.33. The van der Waals surface area contributed by atoms with Crippen LogP contribution in [-0.4, -0.2) is 20.6 Å². The molecular weight excluding hydrogens is 312 g/mol. The van der Waals surface area contributed by atoms with Gasteiger partial charge < -0.3 is 9.67 Å². The Bertz CT molecular complexity index is 871. The van der Waals surface area contributed by atoms with E-state index in [1.807, 2.05) is 24.3 Å². The van der Waals surface area contributed by atoms with Crippen LogP contribution >= 0.6 is 11.6 Å². The number of fused-ring (bicyclic) bond motifs is 1. The summed E-state index contributed by atoms with van der Waals surface area (Å²) in [5, 5.41) is 9.93. The number of aryl methyl sites for hydroxylation is 1. The Labute approximate surface area is 139 Å². The summed E-state index contributed by atoms with van der Waals surface area (Å²) in [6.07, 6.45) is 1.80. The van der Waals surface area contributed by atoms with Gasteiger partial charge in [0.1, 0.15) is 5.82 Å². The number of carboxylic acids is 1. The molecule has 0 atom stereocenters. The van der Waals surface area contributed by atoms with Crippen molar-refractivity contribution >= 4 is 28.6 Å². The van der Waals surface area contributed by atoms with E-state index >= 15 is 0 Å². The number of hydrogen-bond donors (Lipinski definition) is 1. The van der Waals surface area contributed by atoms with Gasteiger partial charge in [0.05, 0.1) is 23.1 Å². The van der Waals surface area contributed by atoms with Crippen LogP contribution in [-0.2, 0) is 13.0 Å². The van der Waals surface area contributed by atoms with Crippen LogP contribution in [0.1, 0.15) is 35.1 Å². The number of carbonyl (C=O) groups is 1. The second-order valence-electron chi connectivity index (χ2n) is 5.46. The average Bonchev–Trinajstić information content (AvgIpc) is 2.87. The van der Waals surface area contributed by atoms with Crippen LogP contribution in [0.2, 0.25) is 5.02 Å². The van der Waals surface area contributed by atoms with E-state index in [1.54, 1.807) is 18.2 Å². The lowest BCUT2D eigenvalue weighted by atomic mass is 10.2. The Morgan fingerprint density at radius 3 is 2.74 bits per heavy atom. The minimum absolute atomic E-state index is 0.265. The summed E-state index contributed by atoms with van der Waals surface area (Å²) in [6.45, 7) is 2.68. The molecule has 23 heavy (non-hydrogen) atoms. The van der Waals surface area contributed by atoms with Crippen molar-refractivity contribution in [1.82, 2.24) is 9.55 Å². The van der Waals surface area contributed by atoms with E-state index in [-0.39, 0.29) is 5.56 Å². The predicted molar refractivity (Wildman–Crippen MR) is 91.2 cm³/mol. The van der Waals surface area contributed by atoms with E-state index in [2.05, 4.69) is 16.5 Å². The first-order valence-corrected chi connectivity index (χ1v) is 7.93. The van der Waals surface area contributed by atoms with E-state index in [4.69, 9.17) is 11.6 Å². The van der Waals surface area contributed by atoms with Crippen LogP contribution in [0.5, 0.6) is 0 Å². The first kappa shape index (κ1) is 15.6. The van der Waals surface area contributed by atoms with Crippen molar-refractivity contribution in [3.05, 3.63) is 64.4 Å². The molecule has 0 aliphatic rings. The summed E-state index contributed by atoms with van der Waals surface area (Å²) in [7, 11) is 0. The van der Waals surface area contributed by atoms with Crippen molar-refractivity contribution in [2.24, 2.45) is 0 Å². The summed E-state index contributed by atoms with van der Waals surface area (Å²) < 4.78 is 2.06. The zero-order chi connectivity index (χ0) is 16.4. The fourth-order valence-corrected chi connectivity index (χ4v) is 2.89. The van der Waals surface area contributed by atoms with Crippen molar-refractivity contribution < 1.29 is 9.90 Å². The Kier molecular flexibility index (Phi) is 4.35. The molecule has 0 fully saturated rings. The maximum atomic E-state index is 11.3. The third-order valence-corrected chi connectivity index (χ3v) is 4.20. The van der Waals surface area contributed by atoms with Crippen molar-refractivity contribution in [3.8, 4) is 0 Å². The SMILES string of the molecule is CCCc1nc2ccc(C(=O)O)cc2n1Cc1ccccc1Cl. The highest BCUT2D eigenvalue weighted by atomic mass is 35.5. The molecule has 0 bridgehead atoms. The molecule has 2 aromatic carbocycles. The van der Waals surface area contributed by atoms with Gasteiger partial charge in [-0.25, -0.2) is 9.78 Å². The monoisotopic (exact) mass is 328 g/mol. The van der Waals surface area contributed by atoms with Gasteiger partial charge in [-0.15, -0.1) is 0 Å². The van der Waals surface area contributed by atoms with Gasteiger partial charge >= 0.3 is 5.97 Å². The molecule has 1 heterocycles. The normalized spacial score (nSPS) is 11.0. The van der Waals surface area contributed by atoms with Gasteiger partial charge in [-0.05, 0) is 36.2 Å². The van der Waals surface area contributed by atoms with Crippen LogP contribution in [0.3, 0.4) is 0 Å². The number of aromatic nitrogens is 2. The van der Waals surface area contributed by atoms with Gasteiger partial charge in [-0.3, -0.25) is 0 Å². The number of aromatic carboxylic acids is 1. The maximum absolute atomic E-state index is 11.3. The van der Waals surface area contributed by atoms with Crippen LogP contribution in [0.25, 0.3) is 11.0 Å². The molecule has 5 heteroatoms. The number of carboxylic acid groups (broad SMARTS) is 1. The molecule has 0 aliphatic carbocycles. The predicted octanol–water partition coefficient (Wildman–Crippen LogP) is 4.39. The summed E-state index contributed by atoms with van der Waals surface area (Å²) in [4.78, 5) is 15.9. The molecule has 4 nitrogen and oxygen atoms in total. The smallest absolute Gasteiger partial charge is 0.335 e. The van der Waals surface area contributed by atoms with E-state index < -0.39 is 5.97 Å². The molecule has 3 aromatic rings. The number of rotatable bonds is 5. The molecule has 0 radical (unpaired) electrons. The minimum Gasteiger partial charge on any atom is -0.478 e. The molecule has 118 valence electrons. The molecular formula is C18H17ClN2O2. The molecule has 3 rings (SSSR count). The Morgan fingerprint density at radius 1 is 1.26 bits per heavy atom. The maximum Gasteiger partial charge on any atom is 0.335 e. The summed E-state index contributed by atoms with van der Waals surface area (Å²) in [5.74, 6) is 0.0133. The number of halogens is 1. The largest absolute Gasteiger partial charge is 0.478 e. The van der Waals surface area contributed by atoms with E-state index in [1.165, 1.54) is 0 Å². The van der Waals surface area contributed by atoms with Crippen LogP contribution in [0.4, 0.5) is 0 Å². The van der Waals surface area contributed by atoms with Crippen molar-refractivity contribution in [2.45, 2.75) is 26.3 Å². The minimum atomic E-state index is -0.936. The zero-order valence-corrected chi connectivity index (χ0v) is 13.5. The highest BCUT2D eigenvalue weighted by molar-refractivity contribution is 6.31. The van der Waals surface area contributed by atoms with Crippen LogP contribution in [0.15, 0.2) is 42.5 Å². The molecule has 0 amide bonds. The van der Waals surface area contributed by atoms with Gasteiger partial charge in [-0.2, -0.15) is 0 Å². The lowest BCUT2D eigenvalue weighted by Crippen LogP contribution is -2.06. The second-order valence-corrected chi connectivity index (χ2v) is 5.87. The van der Waals surface area contributed by atoms with Gasteiger partial charge in [0, 0.05) is 11.4 Å². The lowest BCUT2D eigenvalue weighted by Gasteiger charge is -2.10. The highest BCUT2D eigenvalue weighted by Crippen LogP contribution is 2.23. The summed E-state index contributed by atoms with van der Waals surface area (Å²) >= 11 is 6.28. The van der Waals surface area contributed by atoms with Gasteiger partial charge in [0.15, 0.2) is 0 Å². The third-order valence-electron chi connectivity index (χ3n) is 3.83. The van der Waals surface area contributed by atoms with Crippen molar-refractivity contribution in [3.63, 3.8) is 0 Å². The van der Waals surface area contributed by atoms with Gasteiger partial charge in [0.25, 0.3) is 0 Å². The average molecular weight is 329 g/mol. The molecule has 1 aromatic heterocycles. The Balaban J connectivity index is 2.15. The van der Waals surface area contributed by atoms with Crippen molar-refractivity contribution in [1.29, 1.82) is 0 Å². The molecule has 0 saturated heterocycles. The van der Waals surface area contributed by atoms with Crippen LogP contribution < -0.4 is 0 Å². The zero-order valence-electron chi connectivity index (χ0n) is 12.8. The molecule has 1 N–H and O–H groups in total. The van der Waals surface area contributed by atoms with Crippen LogP contribution in [0, 0.1) is 0 Å². The standard InChI is InChI=1S/C18H17ClN2O2/c1-2-5-17-20-15-9-8-12(18(22)23)10-16(15)21(17)11-13-6-3-4-7-14(13)19/h3-4,6-10H,2,5,11H2,1H3,(H,22,23). The third kappa shape index (κ3) is 3.08. The number of benzene rings is 2. The number of nitrogens with zero attached hydrogens (tertiary/aromatic N) is 2.